The molecule has 0 saturated heterocycles. The summed E-state index contributed by atoms with van der Waals surface area (Å²) in [7, 11) is 0. The normalized spacial score (nSPS) is 11.2. The van der Waals surface area contributed by atoms with Crippen LogP contribution in [0.2, 0.25) is 0 Å². The fourth-order valence-electron chi connectivity index (χ4n) is 6.18. The van der Waals surface area contributed by atoms with E-state index in [1.165, 1.54) is 5.56 Å². The number of carbonyl (C=O) groups excluding carboxylic acids is 1. The standard InChI is InChI=1S/C29H28O3.C15H10O8/c1-28(2,21-8-14-25(30)15-9-21)20-4-6-22(7-5-20)29(3,23-10-16-26(31)17-11-23)24-12-18-27(32)19-13-24;16-8-4-9(17)6-10(5-8)23-15(22)12-3-7(13(18)19)1-2-11(12)14(20)21/h4-19,30-32H,1-3H3;1-6,16-17H,(H,18,19)(H,20,21). The van der Waals surface area contributed by atoms with Crippen molar-refractivity contribution in [1.29, 1.82) is 0 Å². The maximum atomic E-state index is 12.1. The molecule has 0 unspecified atom stereocenters. The SMILES string of the molecule is CC(C)(c1ccc(O)cc1)c1ccc(C(C)(c2ccc(O)cc2)c2ccc(O)cc2)cc1.O=C(O)c1ccc(C(=O)O)c(C(=O)Oc2cc(O)cc(O)c2)c1. The van der Waals surface area contributed by atoms with Crippen molar-refractivity contribution in [3.05, 3.63) is 178 Å². The lowest BCUT2D eigenvalue weighted by atomic mass is 9.70. The highest BCUT2D eigenvalue weighted by Gasteiger charge is 2.32. The fourth-order valence-corrected chi connectivity index (χ4v) is 6.18. The topological polar surface area (TPSA) is 202 Å². The third-order valence-corrected chi connectivity index (χ3v) is 9.47. The van der Waals surface area contributed by atoms with Crippen LogP contribution >= 0.6 is 0 Å². The van der Waals surface area contributed by atoms with E-state index in [2.05, 4.69) is 45.0 Å². The third-order valence-electron chi connectivity index (χ3n) is 9.47. The molecule has 0 heterocycles. The Morgan fingerprint density at radius 3 is 1.22 bits per heavy atom. The van der Waals surface area contributed by atoms with Crippen LogP contribution in [0.5, 0.6) is 34.5 Å². The van der Waals surface area contributed by atoms with Crippen LogP contribution in [0, 0.1) is 0 Å². The summed E-state index contributed by atoms with van der Waals surface area (Å²) < 4.78 is 4.87. The molecule has 0 spiro atoms. The molecule has 0 amide bonds. The number of phenols is 5. The van der Waals surface area contributed by atoms with Crippen molar-refractivity contribution in [2.24, 2.45) is 0 Å². The molecule has 55 heavy (non-hydrogen) atoms. The number of phenolic OH excluding ortho intramolecular Hbond substituents is 5. The average molecular weight is 743 g/mol. The monoisotopic (exact) mass is 742 g/mol. The van der Waals surface area contributed by atoms with E-state index in [-0.39, 0.29) is 45.5 Å². The quantitative estimate of drug-likeness (QED) is 0.0428. The largest absolute Gasteiger partial charge is 0.508 e. The fraction of sp³-hybridized carbons (Fsp3) is 0.114. The highest BCUT2D eigenvalue weighted by atomic mass is 16.5. The van der Waals surface area contributed by atoms with Crippen molar-refractivity contribution >= 4 is 17.9 Å². The minimum atomic E-state index is -1.44. The number of ether oxygens (including phenoxy) is 1. The maximum absolute atomic E-state index is 12.1. The number of aromatic hydroxyl groups is 5. The van der Waals surface area contributed by atoms with E-state index in [0.717, 1.165) is 58.7 Å². The summed E-state index contributed by atoms with van der Waals surface area (Å²) in [5.41, 5.74) is 3.61. The first-order chi connectivity index (χ1) is 26.0. The molecule has 280 valence electrons. The molecule has 7 N–H and O–H groups in total. The number of carbonyl (C=O) groups is 3. The number of carboxylic acid groups (broad SMARTS) is 2. The van der Waals surface area contributed by atoms with Crippen molar-refractivity contribution in [1.82, 2.24) is 0 Å². The summed E-state index contributed by atoms with van der Waals surface area (Å²) in [4.78, 5) is 34.2. The van der Waals surface area contributed by atoms with Crippen molar-refractivity contribution in [2.75, 3.05) is 0 Å². The van der Waals surface area contributed by atoms with Gasteiger partial charge in [0.15, 0.2) is 0 Å². The summed E-state index contributed by atoms with van der Waals surface area (Å²) in [5, 5.41) is 65.9. The van der Waals surface area contributed by atoms with Gasteiger partial charge in [0, 0.05) is 29.0 Å². The van der Waals surface area contributed by atoms with Crippen molar-refractivity contribution in [2.45, 2.75) is 31.6 Å². The van der Waals surface area contributed by atoms with Crippen molar-refractivity contribution < 1.29 is 54.9 Å². The Labute approximate surface area is 316 Å². The molecule has 0 atom stereocenters. The molecule has 0 aliphatic carbocycles. The van der Waals surface area contributed by atoms with Gasteiger partial charge in [-0.15, -0.1) is 0 Å². The minimum Gasteiger partial charge on any atom is -0.508 e. The summed E-state index contributed by atoms with van der Waals surface area (Å²) >= 11 is 0. The number of hydrogen-bond donors (Lipinski definition) is 7. The molecule has 0 aromatic heterocycles. The highest BCUT2D eigenvalue weighted by Crippen LogP contribution is 2.41. The van der Waals surface area contributed by atoms with Crippen LogP contribution in [0.25, 0.3) is 0 Å². The lowest BCUT2D eigenvalue weighted by molar-refractivity contribution is 0.0663. The summed E-state index contributed by atoms with van der Waals surface area (Å²) in [5.74, 6) is -4.17. The van der Waals surface area contributed by atoms with Gasteiger partial charge in [0.25, 0.3) is 0 Å². The van der Waals surface area contributed by atoms with E-state index in [9.17, 15) is 39.9 Å². The zero-order valence-corrected chi connectivity index (χ0v) is 30.0. The Balaban J connectivity index is 0.000000223. The molecule has 0 bridgehead atoms. The van der Waals surface area contributed by atoms with Gasteiger partial charge in [-0.05, 0) is 89.3 Å². The van der Waals surface area contributed by atoms with E-state index < -0.39 is 34.4 Å². The highest BCUT2D eigenvalue weighted by molar-refractivity contribution is 6.05. The lowest BCUT2D eigenvalue weighted by Gasteiger charge is -2.33. The second-order valence-corrected chi connectivity index (χ2v) is 13.4. The van der Waals surface area contributed by atoms with E-state index in [1.54, 1.807) is 36.4 Å². The van der Waals surface area contributed by atoms with E-state index in [0.29, 0.717) is 0 Å². The summed E-state index contributed by atoms with van der Waals surface area (Å²) in [6, 6.07) is 36.5. The average Bonchev–Trinajstić information content (AvgIpc) is 3.15. The molecule has 0 aliphatic heterocycles. The number of carboxylic acids is 2. The molecule has 0 aliphatic rings. The maximum Gasteiger partial charge on any atom is 0.344 e. The minimum absolute atomic E-state index is 0.223. The van der Waals surface area contributed by atoms with Crippen LogP contribution in [0.4, 0.5) is 0 Å². The second kappa shape index (κ2) is 15.8. The molecule has 6 aromatic carbocycles. The van der Waals surface area contributed by atoms with Crippen LogP contribution in [-0.4, -0.2) is 53.7 Å². The Bertz CT molecular complexity index is 2260. The van der Waals surface area contributed by atoms with E-state index in [4.69, 9.17) is 14.9 Å². The van der Waals surface area contributed by atoms with Gasteiger partial charge >= 0.3 is 17.9 Å². The number of aromatic carboxylic acids is 2. The van der Waals surface area contributed by atoms with Gasteiger partial charge in [0.05, 0.1) is 16.7 Å². The predicted octanol–water partition coefficient (Wildman–Crippen LogP) is 8.20. The number of rotatable bonds is 9. The van der Waals surface area contributed by atoms with Crippen LogP contribution in [0.1, 0.15) is 79.7 Å². The summed E-state index contributed by atoms with van der Waals surface area (Å²) in [6.45, 7) is 6.51. The van der Waals surface area contributed by atoms with Gasteiger partial charge in [0.2, 0.25) is 0 Å². The van der Waals surface area contributed by atoms with Crippen LogP contribution in [0.3, 0.4) is 0 Å². The number of esters is 1. The Morgan fingerprint density at radius 1 is 0.436 bits per heavy atom. The van der Waals surface area contributed by atoms with Gasteiger partial charge < -0.3 is 40.5 Å². The Kier molecular flexibility index (Phi) is 11.2. The van der Waals surface area contributed by atoms with Crippen molar-refractivity contribution in [3.8, 4) is 34.5 Å². The molecule has 6 aromatic rings. The zero-order valence-electron chi connectivity index (χ0n) is 30.0. The van der Waals surface area contributed by atoms with Gasteiger partial charge in [-0.1, -0.05) is 74.5 Å². The van der Waals surface area contributed by atoms with Crippen molar-refractivity contribution in [3.63, 3.8) is 0 Å². The zero-order chi connectivity index (χ0) is 40.1. The van der Waals surface area contributed by atoms with Gasteiger partial charge in [0.1, 0.15) is 34.5 Å². The van der Waals surface area contributed by atoms with Gasteiger partial charge in [-0.25, -0.2) is 14.4 Å². The van der Waals surface area contributed by atoms with Crippen LogP contribution < -0.4 is 4.74 Å². The number of hydrogen-bond acceptors (Lipinski definition) is 9. The Hall–Kier alpha value is -7.27. The van der Waals surface area contributed by atoms with Gasteiger partial charge in [-0.3, -0.25) is 0 Å². The first kappa shape index (κ1) is 38.9. The van der Waals surface area contributed by atoms with Crippen LogP contribution in [-0.2, 0) is 10.8 Å². The number of benzene rings is 6. The third kappa shape index (κ3) is 8.69. The lowest BCUT2D eigenvalue weighted by Crippen LogP contribution is -2.26. The second-order valence-electron chi connectivity index (χ2n) is 13.4. The summed E-state index contributed by atoms with van der Waals surface area (Å²) in [6.07, 6.45) is 0. The van der Waals surface area contributed by atoms with Gasteiger partial charge in [-0.2, -0.15) is 0 Å². The van der Waals surface area contributed by atoms with Crippen LogP contribution in [0.15, 0.2) is 133 Å². The molecule has 0 fully saturated rings. The molecule has 11 heteroatoms. The van der Waals surface area contributed by atoms with E-state index in [1.807, 2.05) is 36.4 Å². The smallest absolute Gasteiger partial charge is 0.344 e. The molecular formula is C44H38O11. The molecule has 11 nitrogen and oxygen atoms in total. The molecule has 0 radical (unpaired) electrons. The predicted molar refractivity (Wildman–Crippen MR) is 204 cm³/mol. The first-order valence-corrected chi connectivity index (χ1v) is 16.8. The molecular weight excluding hydrogens is 704 g/mol. The molecule has 0 saturated carbocycles. The van der Waals surface area contributed by atoms with E-state index >= 15 is 0 Å². The Morgan fingerprint density at radius 2 is 0.818 bits per heavy atom. The molecule has 6 rings (SSSR count). The first-order valence-electron chi connectivity index (χ1n) is 16.8.